The Kier molecular flexibility index (Phi) is 8.79. The first kappa shape index (κ1) is 23.9. The summed E-state index contributed by atoms with van der Waals surface area (Å²) in [4.78, 5) is 45.3. The van der Waals surface area contributed by atoms with Gasteiger partial charge in [0.2, 0.25) is 11.8 Å². The Morgan fingerprint density at radius 1 is 1.16 bits per heavy atom. The predicted octanol–water partition coefficient (Wildman–Crippen LogP) is 3.55. The van der Waals surface area contributed by atoms with Crippen molar-refractivity contribution in [2.45, 2.75) is 58.0 Å². The molecule has 1 atom stereocenters. The molecule has 2 N–H and O–H groups in total. The van der Waals surface area contributed by atoms with Crippen molar-refractivity contribution < 1.29 is 14.4 Å². The molecule has 0 radical (unpaired) electrons. The van der Waals surface area contributed by atoms with Gasteiger partial charge in [0.05, 0.1) is 11.4 Å². The summed E-state index contributed by atoms with van der Waals surface area (Å²) >= 11 is 1.32. The molecule has 2 aromatic rings. The first-order chi connectivity index (χ1) is 15.5. The van der Waals surface area contributed by atoms with Gasteiger partial charge in [-0.05, 0) is 54.3 Å². The number of nitrogens with zero attached hydrogens (tertiary/aromatic N) is 2. The molecular weight excluding hydrogens is 424 g/mol. The van der Waals surface area contributed by atoms with Gasteiger partial charge < -0.3 is 15.5 Å². The van der Waals surface area contributed by atoms with Crippen LogP contribution in [0, 0.1) is 5.92 Å². The molecule has 0 saturated heterocycles. The first-order valence-electron chi connectivity index (χ1n) is 11.3. The van der Waals surface area contributed by atoms with E-state index in [9.17, 15) is 14.4 Å². The van der Waals surface area contributed by atoms with Gasteiger partial charge in [0.25, 0.3) is 5.91 Å². The summed E-state index contributed by atoms with van der Waals surface area (Å²) in [5.41, 5.74) is 0.720. The number of carbonyl (C=O) groups is 3. The summed E-state index contributed by atoms with van der Waals surface area (Å²) in [6.45, 7) is 4.44. The Hall–Kier alpha value is -2.74. The largest absolute Gasteiger partial charge is 0.351 e. The van der Waals surface area contributed by atoms with E-state index in [1.165, 1.54) is 11.3 Å². The highest BCUT2D eigenvalue weighted by Gasteiger charge is 2.33. The summed E-state index contributed by atoms with van der Waals surface area (Å²) in [5.74, 6) is -0.376. The van der Waals surface area contributed by atoms with Crippen LogP contribution in [0.1, 0.15) is 67.2 Å². The molecule has 7 nitrogen and oxygen atoms in total. The molecule has 1 aliphatic rings. The van der Waals surface area contributed by atoms with Gasteiger partial charge >= 0.3 is 0 Å². The molecule has 0 unspecified atom stereocenters. The smallest absolute Gasteiger partial charge is 0.261 e. The van der Waals surface area contributed by atoms with E-state index in [2.05, 4.69) is 29.5 Å². The number of amides is 3. The Labute approximate surface area is 193 Å². The van der Waals surface area contributed by atoms with Crippen molar-refractivity contribution in [2.75, 3.05) is 13.1 Å². The minimum absolute atomic E-state index is 0.146. The van der Waals surface area contributed by atoms with Crippen molar-refractivity contribution in [1.82, 2.24) is 20.5 Å². The van der Waals surface area contributed by atoms with Crippen LogP contribution in [0.2, 0.25) is 0 Å². The molecule has 2 aromatic heterocycles. The summed E-state index contributed by atoms with van der Waals surface area (Å²) in [7, 11) is 0. The number of hydrogen-bond acceptors (Lipinski definition) is 5. The summed E-state index contributed by atoms with van der Waals surface area (Å²) in [5, 5.41) is 7.67. The van der Waals surface area contributed by atoms with Crippen LogP contribution in [-0.2, 0) is 9.59 Å². The lowest BCUT2D eigenvalue weighted by molar-refractivity contribution is -0.140. The zero-order valence-electron chi connectivity index (χ0n) is 18.8. The van der Waals surface area contributed by atoms with Gasteiger partial charge in [-0.2, -0.15) is 0 Å². The van der Waals surface area contributed by atoms with Gasteiger partial charge in [-0.1, -0.05) is 32.8 Å². The van der Waals surface area contributed by atoms with E-state index in [0.29, 0.717) is 17.3 Å². The summed E-state index contributed by atoms with van der Waals surface area (Å²) in [6, 6.07) is 6.45. The number of thiophene rings is 1. The standard InChI is InChI=1S/C24H32N4O3S/c1-17(2)11-14-28(21(29)16-26-23(30)20-8-5-15-32-20)22(18-9-12-25-13-10-18)24(31)27-19-6-3-4-7-19/h5,8-10,12-13,15,17,19,22H,3-4,6-7,11,14,16H2,1-2H3,(H,26,30)(H,27,31)/t22-/m0/s1. The van der Waals surface area contributed by atoms with E-state index >= 15 is 0 Å². The highest BCUT2D eigenvalue weighted by atomic mass is 32.1. The zero-order chi connectivity index (χ0) is 22.9. The van der Waals surface area contributed by atoms with Gasteiger partial charge in [0, 0.05) is 25.0 Å². The number of nitrogens with one attached hydrogen (secondary N) is 2. The molecule has 1 aliphatic carbocycles. The first-order valence-corrected chi connectivity index (χ1v) is 12.1. The molecular formula is C24H32N4O3S. The van der Waals surface area contributed by atoms with E-state index in [1.54, 1.807) is 41.6 Å². The average molecular weight is 457 g/mol. The maximum absolute atomic E-state index is 13.4. The van der Waals surface area contributed by atoms with Crippen LogP contribution in [-0.4, -0.2) is 46.7 Å². The Balaban J connectivity index is 1.80. The third kappa shape index (κ3) is 6.63. The topological polar surface area (TPSA) is 91.4 Å². The monoisotopic (exact) mass is 456 g/mol. The molecule has 1 saturated carbocycles. The van der Waals surface area contributed by atoms with E-state index < -0.39 is 6.04 Å². The van der Waals surface area contributed by atoms with Crippen LogP contribution in [0.25, 0.3) is 0 Å². The maximum Gasteiger partial charge on any atom is 0.261 e. The molecule has 0 aromatic carbocycles. The number of hydrogen-bond donors (Lipinski definition) is 2. The zero-order valence-corrected chi connectivity index (χ0v) is 19.6. The Bertz CT molecular complexity index is 880. The summed E-state index contributed by atoms with van der Waals surface area (Å²) < 4.78 is 0. The lowest BCUT2D eigenvalue weighted by Gasteiger charge is -2.33. The molecule has 8 heteroatoms. The third-order valence-electron chi connectivity index (χ3n) is 5.70. The van der Waals surface area contributed by atoms with Gasteiger partial charge in [0.1, 0.15) is 6.04 Å². The van der Waals surface area contributed by atoms with Gasteiger partial charge in [0.15, 0.2) is 0 Å². The predicted molar refractivity (Wildman–Crippen MR) is 125 cm³/mol. The second-order valence-corrected chi connectivity index (χ2v) is 9.55. The van der Waals surface area contributed by atoms with Crippen LogP contribution in [0.5, 0.6) is 0 Å². The van der Waals surface area contributed by atoms with Crippen molar-refractivity contribution in [1.29, 1.82) is 0 Å². The second-order valence-electron chi connectivity index (χ2n) is 8.60. The van der Waals surface area contributed by atoms with Crippen molar-refractivity contribution in [2.24, 2.45) is 5.92 Å². The number of aromatic nitrogens is 1. The number of pyridine rings is 1. The lowest BCUT2D eigenvalue weighted by atomic mass is 10.0. The minimum atomic E-state index is -0.761. The Morgan fingerprint density at radius 3 is 2.50 bits per heavy atom. The van der Waals surface area contributed by atoms with Crippen molar-refractivity contribution in [3.05, 3.63) is 52.5 Å². The van der Waals surface area contributed by atoms with Gasteiger partial charge in [-0.3, -0.25) is 19.4 Å². The van der Waals surface area contributed by atoms with E-state index in [0.717, 1.165) is 37.7 Å². The van der Waals surface area contributed by atoms with Gasteiger partial charge in [-0.25, -0.2) is 0 Å². The molecule has 2 heterocycles. The van der Waals surface area contributed by atoms with Crippen LogP contribution >= 0.6 is 11.3 Å². The molecule has 1 fully saturated rings. The summed E-state index contributed by atoms with van der Waals surface area (Å²) in [6.07, 6.45) is 8.16. The molecule has 0 bridgehead atoms. The molecule has 0 aliphatic heterocycles. The van der Waals surface area contributed by atoms with Crippen LogP contribution in [0.4, 0.5) is 0 Å². The fourth-order valence-corrected chi connectivity index (χ4v) is 4.56. The average Bonchev–Trinajstić information content (AvgIpc) is 3.49. The number of carbonyl (C=O) groups excluding carboxylic acids is 3. The highest BCUT2D eigenvalue weighted by molar-refractivity contribution is 7.12. The van der Waals surface area contributed by atoms with Crippen LogP contribution < -0.4 is 10.6 Å². The Morgan fingerprint density at radius 2 is 1.88 bits per heavy atom. The van der Waals surface area contributed by atoms with Gasteiger partial charge in [-0.15, -0.1) is 11.3 Å². The van der Waals surface area contributed by atoms with Crippen molar-refractivity contribution in [3.63, 3.8) is 0 Å². The molecule has 3 amide bonds. The van der Waals surface area contributed by atoms with Crippen LogP contribution in [0.15, 0.2) is 42.0 Å². The third-order valence-corrected chi connectivity index (χ3v) is 6.56. The number of rotatable bonds is 10. The fourth-order valence-electron chi connectivity index (χ4n) is 3.92. The molecule has 0 spiro atoms. The molecule has 3 rings (SSSR count). The molecule has 32 heavy (non-hydrogen) atoms. The van der Waals surface area contributed by atoms with E-state index in [-0.39, 0.29) is 30.3 Å². The highest BCUT2D eigenvalue weighted by Crippen LogP contribution is 2.25. The van der Waals surface area contributed by atoms with Crippen LogP contribution in [0.3, 0.4) is 0 Å². The molecule has 172 valence electrons. The normalized spacial score (nSPS) is 14.8. The van der Waals surface area contributed by atoms with E-state index in [1.807, 2.05) is 5.38 Å². The second kappa shape index (κ2) is 11.8. The fraction of sp³-hybridized carbons (Fsp3) is 0.500. The maximum atomic E-state index is 13.4. The van der Waals surface area contributed by atoms with E-state index in [4.69, 9.17) is 0 Å². The lowest BCUT2D eigenvalue weighted by Crippen LogP contribution is -2.49. The van der Waals surface area contributed by atoms with Crippen molar-refractivity contribution in [3.8, 4) is 0 Å². The minimum Gasteiger partial charge on any atom is -0.351 e. The SMILES string of the molecule is CC(C)CCN(C(=O)CNC(=O)c1cccs1)[C@H](C(=O)NC1CCCC1)c1ccncc1. The van der Waals surface area contributed by atoms with Crippen molar-refractivity contribution >= 4 is 29.1 Å². The quantitative estimate of drug-likeness (QED) is 0.572.